The fourth-order valence-electron chi connectivity index (χ4n) is 6.30. The standard InChI is InChI=1S/C23H29ClFN5O3/c24-19-17(25)18-16(11-26-19)20(29-8-2-5-23(13-29)7-10-33-23)28-21(27-18)32-14-22-4-1-9-30(22)15(12-31)3-6-22/h11,15,31H,1-10,12-14H2/t15-,22-,23+/m1/s1. The molecule has 10 heteroatoms. The third-order valence-corrected chi connectivity index (χ3v) is 8.38. The summed E-state index contributed by atoms with van der Waals surface area (Å²) in [5.74, 6) is -0.0378. The Balaban J connectivity index is 1.33. The Labute approximate surface area is 197 Å². The third kappa shape index (κ3) is 3.55. The molecule has 6 rings (SSSR count). The van der Waals surface area contributed by atoms with E-state index in [9.17, 15) is 9.50 Å². The van der Waals surface area contributed by atoms with Crippen LogP contribution in [-0.2, 0) is 4.74 Å². The highest BCUT2D eigenvalue weighted by Gasteiger charge is 2.49. The first-order chi connectivity index (χ1) is 16.0. The van der Waals surface area contributed by atoms with E-state index in [1.807, 2.05) is 0 Å². The van der Waals surface area contributed by atoms with Gasteiger partial charge < -0.3 is 19.5 Å². The quantitative estimate of drug-likeness (QED) is 0.658. The van der Waals surface area contributed by atoms with Crippen LogP contribution in [0.2, 0.25) is 5.15 Å². The Bertz CT molecular complexity index is 1070. The van der Waals surface area contributed by atoms with Gasteiger partial charge in [-0.15, -0.1) is 0 Å². The van der Waals surface area contributed by atoms with Crippen LogP contribution in [0, 0.1) is 5.82 Å². The number of piperidine rings is 1. The van der Waals surface area contributed by atoms with Crippen LogP contribution in [0.4, 0.5) is 10.2 Å². The summed E-state index contributed by atoms with van der Waals surface area (Å²) in [4.78, 5) is 17.7. The lowest BCUT2D eigenvalue weighted by Gasteiger charge is -2.48. The minimum absolute atomic E-state index is 0.116. The smallest absolute Gasteiger partial charge is 0.319 e. The molecule has 0 saturated carbocycles. The number of ether oxygens (including phenoxy) is 2. The Morgan fingerprint density at radius 2 is 2.06 bits per heavy atom. The van der Waals surface area contributed by atoms with E-state index >= 15 is 0 Å². The average Bonchev–Trinajstić information content (AvgIpc) is 3.38. The molecule has 4 aliphatic rings. The van der Waals surface area contributed by atoms with Gasteiger partial charge in [0.2, 0.25) is 0 Å². The molecule has 1 N–H and O–H groups in total. The molecule has 8 nitrogen and oxygen atoms in total. The van der Waals surface area contributed by atoms with Crippen LogP contribution >= 0.6 is 11.6 Å². The summed E-state index contributed by atoms with van der Waals surface area (Å²) in [7, 11) is 0. The van der Waals surface area contributed by atoms with Gasteiger partial charge in [-0.25, -0.2) is 9.37 Å². The minimum atomic E-state index is -0.656. The van der Waals surface area contributed by atoms with Gasteiger partial charge in [0, 0.05) is 31.7 Å². The summed E-state index contributed by atoms with van der Waals surface area (Å²) in [6, 6.07) is 0.333. The van der Waals surface area contributed by atoms with Crippen molar-refractivity contribution in [3.63, 3.8) is 0 Å². The lowest BCUT2D eigenvalue weighted by Crippen LogP contribution is -2.56. The van der Waals surface area contributed by atoms with Gasteiger partial charge in [-0.2, -0.15) is 9.97 Å². The number of rotatable bonds is 5. The van der Waals surface area contributed by atoms with Gasteiger partial charge in [0.15, 0.2) is 11.0 Å². The van der Waals surface area contributed by atoms with E-state index in [0.29, 0.717) is 24.4 Å². The molecular weight excluding hydrogens is 449 g/mol. The summed E-state index contributed by atoms with van der Waals surface area (Å²) in [5, 5.41) is 10.1. The van der Waals surface area contributed by atoms with Crippen LogP contribution < -0.4 is 9.64 Å². The van der Waals surface area contributed by atoms with Crippen molar-refractivity contribution in [1.29, 1.82) is 0 Å². The van der Waals surface area contributed by atoms with Gasteiger partial charge in [-0.3, -0.25) is 4.90 Å². The van der Waals surface area contributed by atoms with E-state index in [1.54, 1.807) is 6.20 Å². The molecule has 2 aromatic heterocycles. The van der Waals surface area contributed by atoms with Crippen LogP contribution in [0.5, 0.6) is 6.01 Å². The summed E-state index contributed by atoms with van der Waals surface area (Å²) in [5.41, 5.74) is -0.124. The number of fused-ring (bicyclic) bond motifs is 2. The number of hydrogen-bond donors (Lipinski definition) is 1. The van der Waals surface area contributed by atoms with Crippen LogP contribution in [-0.4, -0.2) is 81.6 Å². The molecule has 1 spiro atoms. The zero-order valence-electron chi connectivity index (χ0n) is 18.6. The molecule has 0 amide bonds. The van der Waals surface area contributed by atoms with Gasteiger partial charge in [0.1, 0.15) is 17.9 Å². The Morgan fingerprint density at radius 3 is 2.85 bits per heavy atom. The van der Waals surface area contributed by atoms with Crippen molar-refractivity contribution < 1.29 is 19.0 Å². The predicted octanol–water partition coefficient (Wildman–Crippen LogP) is 2.94. The molecule has 3 atom stereocenters. The fraction of sp³-hybridized carbons (Fsp3) is 0.696. The van der Waals surface area contributed by atoms with Crippen molar-refractivity contribution in [1.82, 2.24) is 19.9 Å². The van der Waals surface area contributed by atoms with Crippen molar-refractivity contribution in [2.75, 3.05) is 44.4 Å². The van der Waals surface area contributed by atoms with E-state index in [2.05, 4.69) is 19.8 Å². The second kappa shape index (κ2) is 8.15. The van der Waals surface area contributed by atoms with Crippen LogP contribution in [0.1, 0.15) is 44.9 Å². The predicted molar refractivity (Wildman–Crippen MR) is 121 cm³/mol. The van der Waals surface area contributed by atoms with Crippen LogP contribution in [0.3, 0.4) is 0 Å². The number of pyridine rings is 1. The van der Waals surface area contributed by atoms with E-state index < -0.39 is 5.82 Å². The van der Waals surface area contributed by atoms with Crippen LogP contribution in [0.15, 0.2) is 6.20 Å². The molecule has 4 aliphatic heterocycles. The number of anilines is 1. The molecule has 0 bridgehead atoms. The molecule has 0 aliphatic carbocycles. The molecule has 33 heavy (non-hydrogen) atoms. The molecule has 4 saturated heterocycles. The summed E-state index contributed by atoms with van der Waals surface area (Å²) < 4.78 is 27.1. The lowest BCUT2D eigenvalue weighted by atomic mass is 9.86. The maximum atomic E-state index is 15.0. The largest absolute Gasteiger partial charge is 0.461 e. The number of hydrogen-bond acceptors (Lipinski definition) is 8. The Kier molecular flexibility index (Phi) is 5.36. The summed E-state index contributed by atoms with van der Waals surface area (Å²) in [6.07, 6.45) is 8.59. The average molecular weight is 478 g/mol. The molecule has 178 valence electrons. The van der Waals surface area contributed by atoms with Crippen molar-refractivity contribution in [2.24, 2.45) is 0 Å². The van der Waals surface area contributed by atoms with Gasteiger partial charge >= 0.3 is 6.01 Å². The number of aliphatic hydroxyl groups is 1. The fourth-order valence-corrected chi connectivity index (χ4v) is 6.44. The van der Waals surface area contributed by atoms with Crippen molar-refractivity contribution in [2.45, 2.75) is 62.1 Å². The lowest BCUT2D eigenvalue weighted by molar-refractivity contribution is -0.151. The van der Waals surface area contributed by atoms with E-state index in [-0.39, 0.29) is 40.5 Å². The van der Waals surface area contributed by atoms with Crippen molar-refractivity contribution in [3.05, 3.63) is 17.2 Å². The van der Waals surface area contributed by atoms with Gasteiger partial charge in [0.05, 0.1) is 29.7 Å². The molecule has 0 radical (unpaired) electrons. The number of aromatic nitrogens is 3. The molecule has 2 aromatic rings. The summed E-state index contributed by atoms with van der Waals surface area (Å²) in [6.45, 7) is 3.83. The maximum absolute atomic E-state index is 15.0. The highest BCUT2D eigenvalue weighted by molar-refractivity contribution is 6.30. The molecule has 0 unspecified atom stereocenters. The summed E-state index contributed by atoms with van der Waals surface area (Å²) >= 11 is 5.99. The van der Waals surface area contributed by atoms with E-state index in [4.69, 9.17) is 26.1 Å². The zero-order chi connectivity index (χ0) is 22.6. The van der Waals surface area contributed by atoms with Crippen LogP contribution in [0.25, 0.3) is 10.9 Å². The maximum Gasteiger partial charge on any atom is 0.319 e. The normalized spacial score (nSPS) is 31.8. The van der Waals surface area contributed by atoms with E-state index in [0.717, 1.165) is 64.6 Å². The van der Waals surface area contributed by atoms with Gasteiger partial charge in [0.25, 0.3) is 0 Å². The molecule has 0 aromatic carbocycles. The second-order valence-electron chi connectivity index (χ2n) is 9.95. The highest BCUT2D eigenvalue weighted by Crippen LogP contribution is 2.43. The number of aliphatic hydroxyl groups excluding tert-OH is 1. The van der Waals surface area contributed by atoms with E-state index in [1.165, 1.54) is 0 Å². The SMILES string of the molecule is OC[C@H]1CC[C@@]2(COc3nc(N4CCC[C@]5(CCO5)C4)c4cnc(Cl)c(F)c4n3)CCCN12. The first-order valence-electron chi connectivity index (χ1n) is 11.9. The Morgan fingerprint density at radius 1 is 1.21 bits per heavy atom. The zero-order valence-corrected chi connectivity index (χ0v) is 19.4. The monoisotopic (exact) mass is 477 g/mol. The highest BCUT2D eigenvalue weighted by atomic mass is 35.5. The van der Waals surface area contributed by atoms with Gasteiger partial charge in [-0.1, -0.05) is 11.6 Å². The van der Waals surface area contributed by atoms with Crippen molar-refractivity contribution in [3.8, 4) is 6.01 Å². The van der Waals surface area contributed by atoms with Crippen molar-refractivity contribution >= 4 is 28.3 Å². The Hall–Kier alpha value is -1.81. The molecule has 4 fully saturated rings. The first kappa shape index (κ1) is 21.7. The van der Waals surface area contributed by atoms with Gasteiger partial charge in [-0.05, 0) is 45.1 Å². The topological polar surface area (TPSA) is 83.8 Å². The molecule has 6 heterocycles. The molecular formula is C23H29ClFN5O3. The first-order valence-corrected chi connectivity index (χ1v) is 12.3. The minimum Gasteiger partial charge on any atom is -0.461 e. The third-order valence-electron chi connectivity index (χ3n) is 8.12. The second-order valence-corrected chi connectivity index (χ2v) is 10.3. The number of halogens is 2. The number of nitrogens with zero attached hydrogens (tertiary/aromatic N) is 5.